The summed E-state index contributed by atoms with van der Waals surface area (Å²) in [6.07, 6.45) is 5.25. The largest absolute Gasteiger partial charge is 0.445 e. The highest BCUT2D eigenvalue weighted by Crippen LogP contribution is 2.27. The predicted molar refractivity (Wildman–Crippen MR) is 136 cm³/mol. The molecule has 0 radical (unpaired) electrons. The molecule has 0 bridgehead atoms. The average molecular weight is 502 g/mol. The number of imidazole rings is 1. The van der Waals surface area contributed by atoms with Crippen LogP contribution in [0.25, 0.3) is 16.9 Å². The van der Waals surface area contributed by atoms with Crippen LogP contribution in [0.1, 0.15) is 18.2 Å². The topological polar surface area (TPSA) is 80.0 Å². The number of hydrogen-bond donors (Lipinski definition) is 0. The van der Waals surface area contributed by atoms with Gasteiger partial charge in [-0.2, -0.15) is 0 Å². The monoisotopic (exact) mass is 501 g/mol. The summed E-state index contributed by atoms with van der Waals surface area (Å²) >= 11 is 0. The van der Waals surface area contributed by atoms with Crippen LogP contribution in [0.2, 0.25) is 0 Å². The zero-order valence-electron chi connectivity index (χ0n) is 20.6. The highest BCUT2D eigenvalue weighted by Gasteiger charge is 2.29. The Morgan fingerprint density at radius 3 is 2.43 bits per heavy atom. The van der Waals surface area contributed by atoms with Crippen molar-refractivity contribution in [2.75, 3.05) is 26.2 Å². The minimum absolute atomic E-state index is 0.0198. The van der Waals surface area contributed by atoms with Gasteiger partial charge in [0.05, 0.1) is 17.6 Å². The number of amides is 2. The van der Waals surface area contributed by atoms with Crippen molar-refractivity contribution in [2.24, 2.45) is 5.92 Å². The van der Waals surface area contributed by atoms with Crippen molar-refractivity contribution in [3.05, 3.63) is 90.3 Å². The van der Waals surface area contributed by atoms with Crippen LogP contribution in [0.5, 0.6) is 0 Å². The van der Waals surface area contributed by atoms with E-state index in [1.807, 2.05) is 47.9 Å². The molecule has 4 aromatic rings. The second-order valence-corrected chi connectivity index (χ2v) is 9.18. The van der Waals surface area contributed by atoms with E-state index in [1.165, 1.54) is 12.1 Å². The smallest absolute Gasteiger partial charge is 0.410 e. The molecule has 190 valence electrons. The van der Waals surface area contributed by atoms with E-state index in [0.717, 1.165) is 16.8 Å². The van der Waals surface area contributed by atoms with E-state index >= 15 is 0 Å². The number of benzene rings is 2. The standard InChI is InChI=1S/C28H28FN5O3/c1-20(17-24-26(22-7-9-23(29)10-8-22)31-25-18-30-11-12-34(24)25)27(35)32-13-15-33(16-14-32)28(36)37-19-21-5-3-2-4-6-21/h2-12,18,20H,13-17,19H2,1H3. The SMILES string of the molecule is CC(Cc1c(-c2ccc(F)cc2)nc2cnccn12)C(=O)N1CCN(C(=O)OCc2ccccc2)CC1. The Labute approximate surface area is 214 Å². The zero-order chi connectivity index (χ0) is 25.8. The normalized spacial score (nSPS) is 14.5. The molecule has 0 aliphatic carbocycles. The summed E-state index contributed by atoms with van der Waals surface area (Å²) in [6, 6.07) is 15.7. The molecule has 1 atom stereocenters. The molecule has 8 nitrogen and oxygen atoms in total. The summed E-state index contributed by atoms with van der Waals surface area (Å²) in [6.45, 7) is 3.87. The number of carbonyl (C=O) groups is 2. The molecule has 1 aliphatic rings. The summed E-state index contributed by atoms with van der Waals surface area (Å²) in [7, 11) is 0. The Hall–Kier alpha value is -4.27. The van der Waals surface area contributed by atoms with Crippen molar-refractivity contribution in [2.45, 2.75) is 20.0 Å². The number of piperazine rings is 1. The number of fused-ring (bicyclic) bond motifs is 1. The molecular formula is C28H28FN5O3. The van der Waals surface area contributed by atoms with Crippen LogP contribution in [-0.2, 0) is 22.6 Å². The fourth-order valence-corrected chi connectivity index (χ4v) is 4.60. The molecule has 9 heteroatoms. The van der Waals surface area contributed by atoms with E-state index in [1.54, 1.807) is 34.3 Å². The number of carbonyl (C=O) groups excluding carboxylic acids is 2. The maximum Gasteiger partial charge on any atom is 0.410 e. The minimum atomic E-state index is -0.368. The number of nitrogens with zero attached hydrogens (tertiary/aromatic N) is 5. The highest BCUT2D eigenvalue weighted by atomic mass is 19.1. The molecule has 1 unspecified atom stereocenters. The molecule has 2 aromatic carbocycles. The molecule has 1 fully saturated rings. The average Bonchev–Trinajstić information content (AvgIpc) is 3.30. The molecule has 0 saturated carbocycles. The lowest BCUT2D eigenvalue weighted by Gasteiger charge is -2.35. The first-order chi connectivity index (χ1) is 18.0. The molecule has 2 aromatic heterocycles. The second kappa shape index (κ2) is 10.8. The molecule has 1 saturated heterocycles. The zero-order valence-corrected chi connectivity index (χ0v) is 20.6. The summed E-state index contributed by atoms with van der Waals surface area (Å²) in [5.74, 6) is -0.613. The van der Waals surface area contributed by atoms with Crippen molar-refractivity contribution < 1.29 is 18.7 Å². The van der Waals surface area contributed by atoms with Crippen LogP contribution in [0, 0.1) is 11.7 Å². The molecule has 1 aliphatic heterocycles. The maximum absolute atomic E-state index is 13.5. The van der Waals surface area contributed by atoms with Gasteiger partial charge in [-0.25, -0.2) is 14.2 Å². The lowest BCUT2D eigenvalue weighted by Crippen LogP contribution is -2.52. The molecule has 5 rings (SSSR count). The van der Waals surface area contributed by atoms with Gasteiger partial charge in [0, 0.05) is 56.5 Å². The third-order valence-corrected chi connectivity index (χ3v) is 6.62. The summed E-state index contributed by atoms with van der Waals surface area (Å²) in [5.41, 5.74) is 3.95. The van der Waals surface area contributed by atoms with Crippen molar-refractivity contribution in [3.63, 3.8) is 0 Å². The third-order valence-electron chi connectivity index (χ3n) is 6.62. The van der Waals surface area contributed by atoms with Gasteiger partial charge in [-0.3, -0.25) is 9.78 Å². The lowest BCUT2D eigenvalue weighted by molar-refractivity contribution is -0.136. The molecule has 0 spiro atoms. The van der Waals surface area contributed by atoms with E-state index in [4.69, 9.17) is 9.72 Å². The van der Waals surface area contributed by atoms with Gasteiger partial charge in [0.25, 0.3) is 0 Å². The molecular weight excluding hydrogens is 473 g/mol. The van der Waals surface area contributed by atoms with Crippen molar-refractivity contribution in [1.82, 2.24) is 24.2 Å². The first-order valence-corrected chi connectivity index (χ1v) is 12.3. The van der Waals surface area contributed by atoms with E-state index in [9.17, 15) is 14.0 Å². The van der Waals surface area contributed by atoms with Gasteiger partial charge in [-0.15, -0.1) is 0 Å². The molecule has 37 heavy (non-hydrogen) atoms. The van der Waals surface area contributed by atoms with E-state index < -0.39 is 0 Å². The van der Waals surface area contributed by atoms with Crippen molar-refractivity contribution >= 4 is 17.6 Å². The fourth-order valence-electron chi connectivity index (χ4n) is 4.60. The second-order valence-electron chi connectivity index (χ2n) is 9.18. The van der Waals surface area contributed by atoms with Gasteiger partial charge in [0.15, 0.2) is 5.65 Å². The molecule has 2 amide bonds. The van der Waals surface area contributed by atoms with Crippen LogP contribution >= 0.6 is 0 Å². The van der Waals surface area contributed by atoms with E-state index in [-0.39, 0.29) is 30.3 Å². The van der Waals surface area contributed by atoms with Gasteiger partial charge in [0.1, 0.15) is 12.4 Å². The fraction of sp³-hybridized carbons (Fsp3) is 0.286. The van der Waals surface area contributed by atoms with Crippen LogP contribution in [-0.4, -0.2) is 62.3 Å². The Kier molecular flexibility index (Phi) is 7.11. The van der Waals surface area contributed by atoms with Crippen LogP contribution in [0.3, 0.4) is 0 Å². The first-order valence-electron chi connectivity index (χ1n) is 12.3. The molecule has 0 N–H and O–H groups in total. The summed E-state index contributed by atoms with van der Waals surface area (Å²) < 4.78 is 20.9. The van der Waals surface area contributed by atoms with Gasteiger partial charge in [-0.05, 0) is 29.8 Å². The number of rotatable bonds is 6. The lowest BCUT2D eigenvalue weighted by atomic mass is 9.99. The Morgan fingerprint density at radius 1 is 1.00 bits per heavy atom. The molecule has 3 heterocycles. The van der Waals surface area contributed by atoms with Gasteiger partial charge >= 0.3 is 6.09 Å². The van der Waals surface area contributed by atoms with E-state index in [0.29, 0.717) is 43.9 Å². The minimum Gasteiger partial charge on any atom is -0.445 e. The Bertz CT molecular complexity index is 1380. The number of ether oxygens (including phenoxy) is 1. The van der Waals surface area contributed by atoms with Gasteiger partial charge in [0.2, 0.25) is 5.91 Å². The third kappa shape index (κ3) is 5.45. The van der Waals surface area contributed by atoms with Crippen LogP contribution < -0.4 is 0 Å². The summed E-state index contributed by atoms with van der Waals surface area (Å²) in [4.78, 5) is 38.1. The summed E-state index contributed by atoms with van der Waals surface area (Å²) in [5, 5.41) is 0. The van der Waals surface area contributed by atoms with Gasteiger partial charge in [-0.1, -0.05) is 37.3 Å². The van der Waals surface area contributed by atoms with Gasteiger partial charge < -0.3 is 18.9 Å². The number of hydrogen-bond acceptors (Lipinski definition) is 5. The van der Waals surface area contributed by atoms with Crippen molar-refractivity contribution in [3.8, 4) is 11.3 Å². The maximum atomic E-state index is 13.5. The Balaban J connectivity index is 1.23. The van der Waals surface area contributed by atoms with E-state index in [2.05, 4.69) is 4.98 Å². The quantitative estimate of drug-likeness (QED) is 0.396. The Morgan fingerprint density at radius 2 is 1.70 bits per heavy atom. The first kappa shape index (κ1) is 24.4. The van der Waals surface area contributed by atoms with Crippen LogP contribution in [0.15, 0.2) is 73.2 Å². The van der Waals surface area contributed by atoms with Crippen molar-refractivity contribution in [1.29, 1.82) is 0 Å². The predicted octanol–water partition coefficient (Wildman–Crippen LogP) is 4.20. The van der Waals surface area contributed by atoms with Crippen LogP contribution in [0.4, 0.5) is 9.18 Å². The number of halogens is 1. The number of aromatic nitrogens is 3. The highest BCUT2D eigenvalue weighted by molar-refractivity contribution is 5.80.